The normalized spacial score (nSPS) is 10.3. The van der Waals surface area contributed by atoms with Gasteiger partial charge in [0.15, 0.2) is 0 Å². The Morgan fingerprint density at radius 2 is 1.84 bits per heavy atom. The first kappa shape index (κ1) is 13.9. The monoisotopic (exact) mass is 339 g/mol. The molecule has 0 aromatic heterocycles. The van der Waals surface area contributed by atoms with Crippen molar-refractivity contribution in [2.24, 2.45) is 0 Å². The summed E-state index contributed by atoms with van der Waals surface area (Å²) in [5.41, 5.74) is 1.23. The molecule has 0 bridgehead atoms. The average molecular weight is 341 g/mol. The van der Waals surface area contributed by atoms with Gasteiger partial charge in [-0.1, -0.05) is 11.6 Å². The zero-order valence-electron chi connectivity index (χ0n) is 10.1. The molecule has 0 radical (unpaired) electrons. The Morgan fingerprint density at radius 1 is 1.21 bits per heavy atom. The van der Waals surface area contributed by atoms with E-state index in [-0.39, 0.29) is 11.7 Å². The van der Waals surface area contributed by atoms with Gasteiger partial charge in [-0.15, -0.1) is 0 Å². The number of aromatic hydroxyl groups is 1. The molecule has 0 saturated carbocycles. The number of phenolic OH excluding ortho intramolecular Hbond substituents is 1. The number of rotatable bonds is 2. The zero-order chi connectivity index (χ0) is 14.0. The largest absolute Gasteiger partial charge is 0.508 e. The zero-order valence-corrected chi connectivity index (χ0v) is 12.4. The Labute approximate surface area is 124 Å². The third-order valence-corrected chi connectivity index (χ3v) is 3.59. The topological polar surface area (TPSA) is 40.5 Å². The van der Waals surface area contributed by atoms with E-state index in [0.29, 0.717) is 20.7 Å². The maximum absolute atomic E-state index is 12.4. The highest BCUT2D eigenvalue weighted by atomic mass is 79.9. The molecular formula is C14H11BrClNO2. The van der Waals surface area contributed by atoms with Gasteiger partial charge in [-0.2, -0.15) is 0 Å². The minimum absolute atomic E-state index is 0.158. The van der Waals surface area contributed by atoms with Crippen molar-refractivity contribution in [3.8, 4) is 5.75 Å². The molecule has 0 spiro atoms. The predicted octanol–water partition coefficient (Wildman–Crippen LogP) is 4.08. The lowest BCUT2D eigenvalue weighted by atomic mass is 10.2. The number of nitrogens with zero attached hydrogens (tertiary/aromatic N) is 1. The van der Waals surface area contributed by atoms with Crippen molar-refractivity contribution in [3.63, 3.8) is 0 Å². The number of halogens is 2. The van der Waals surface area contributed by atoms with E-state index >= 15 is 0 Å². The summed E-state index contributed by atoms with van der Waals surface area (Å²) < 4.78 is 0.649. The second-order valence-corrected chi connectivity index (χ2v) is 5.30. The molecule has 0 aliphatic carbocycles. The van der Waals surface area contributed by atoms with E-state index in [1.165, 1.54) is 17.0 Å². The van der Waals surface area contributed by atoms with Crippen LogP contribution in [0.4, 0.5) is 5.69 Å². The molecule has 0 aliphatic rings. The number of anilines is 1. The Morgan fingerprint density at radius 3 is 2.42 bits per heavy atom. The molecular weight excluding hydrogens is 330 g/mol. The fraction of sp³-hybridized carbons (Fsp3) is 0.0714. The highest BCUT2D eigenvalue weighted by molar-refractivity contribution is 9.10. The van der Waals surface area contributed by atoms with Gasteiger partial charge in [0.05, 0.1) is 5.56 Å². The molecule has 2 aromatic carbocycles. The number of phenols is 1. The van der Waals surface area contributed by atoms with Crippen LogP contribution in [0.15, 0.2) is 46.9 Å². The Bertz CT molecular complexity index is 613. The smallest absolute Gasteiger partial charge is 0.259 e. The van der Waals surface area contributed by atoms with Gasteiger partial charge in [0.2, 0.25) is 0 Å². The third-order valence-electron chi connectivity index (χ3n) is 2.70. The lowest BCUT2D eigenvalue weighted by molar-refractivity contribution is 0.0992. The molecule has 98 valence electrons. The summed E-state index contributed by atoms with van der Waals surface area (Å²) in [5, 5.41) is 9.81. The van der Waals surface area contributed by atoms with Crippen LogP contribution in [-0.2, 0) is 0 Å². The molecule has 19 heavy (non-hydrogen) atoms. The fourth-order valence-corrected chi connectivity index (χ4v) is 2.49. The van der Waals surface area contributed by atoms with E-state index in [0.717, 1.165) is 0 Å². The van der Waals surface area contributed by atoms with Crippen molar-refractivity contribution in [1.29, 1.82) is 0 Å². The second kappa shape index (κ2) is 5.63. The molecule has 0 aliphatic heterocycles. The van der Waals surface area contributed by atoms with E-state index in [9.17, 15) is 9.90 Å². The van der Waals surface area contributed by atoms with Crippen LogP contribution in [0.5, 0.6) is 5.75 Å². The molecule has 0 unspecified atom stereocenters. The maximum atomic E-state index is 12.4. The van der Waals surface area contributed by atoms with Crippen molar-refractivity contribution in [2.75, 3.05) is 11.9 Å². The van der Waals surface area contributed by atoms with Crippen LogP contribution in [0.1, 0.15) is 10.4 Å². The molecule has 2 rings (SSSR count). The van der Waals surface area contributed by atoms with Crippen LogP contribution in [0, 0.1) is 0 Å². The molecule has 1 amide bonds. The summed E-state index contributed by atoms with van der Waals surface area (Å²) in [7, 11) is 1.68. The van der Waals surface area contributed by atoms with Crippen molar-refractivity contribution < 1.29 is 9.90 Å². The number of carbonyl (C=O) groups excluding carboxylic acids is 1. The summed E-state index contributed by atoms with van der Waals surface area (Å²) in [6.45, 7) is 0. The first-order chi connectivity index (χ1) is 8.99. The van der Waals surface area contributed by atoms with E-state index < -0.39 is 0 Å². The number of amides is 1. The number of carbonyl (C=O) groups is 1. The minimum atomic E-state index is -0.158. The fourth-order valence-electron chi connectivity index (χ4n) is 1.64. The molecule has 5 heteroatoms. The summed E-state index contributed by atoms with van der Waals surface area (Å²) in [4.78, 5) is 13.9. The minimum Gasteiger partial charge on any atom is -0.508 e. The van der Waals surface area contributed by atoms with Crippen LogP contribution in [-0.4, -0.2) is 18.1 Å². The van der Waals surface area contributed by atoms with Crippen LogP contribution >= 0.6 is 27.5 Å². The predicted molar refractivity (Wildman–Crippen MR) is 80.0 cm³/mol. The van der Waals surface area contributed by atoms with E-state index in [4.69, 9.17) is 11.6 Å². The van der Waals surface area contributed by atoms with Crippen molar-refractivity contribution >= 4 is 39.1 Å². The first-order valence-corrected chi connectivity index (χ1v) is 6.68. The molecule has 0 heterocycles. The molecule has 0 fully saturated rings. The highest BCUT2D eigenvalue weighted by Gasteiger charge is 2.16. The van der Waals surface area contributed by atoms with Gasteiger partial charge in [0.25, 0.3) is 5.91 Å². The lowest BCUT2D eigenvalue weighted by Crippen LogP contribution is -2.26. The van der Waals surface area contributed by atoms with E-state index in [1.54, 1.807) is 37.4 Å². The summed E-state index contributed by atoms with van der Waals surface area (Å²) >= 11 is 9.18. The Hall–Kier alpha value is -1.52. The standard InChI is InChI=1S/C14H11BrClNO2/c1-17(10-3-5-11(18)6-4-10)14(19)12-7-2-9(16)8-13(12)15/h2-8,18H,1H3. The Kier molecular flexibility index (Phi) is 4.12. The van der Waals surface area contributed by atoms with Crippen LogP contribution in [0.3, 0.4) is 0 Å². The van der Waals surface area contributed by atoms with Crippen LogP contribution in [0.25, 0.3) is 0 Å². The van der Waals surface area contributed by atoms with Crippen LogP contribution in [0.2, 0.25) is 5.02 Å². The van der Waals surface area contributed by atoms with Crippen molar-refractivity contribution in [3.05, 3.63) is 57.5 Å². The van der Waals surface area contributed by atoms with Gasteiger partial charge in [-0.25, -0.2) is 0 Å². The summed E-state index contributed by atoms with van der Waals surface area (Å²) in [6, 6.07) is 11.5. The van der Waals surface area contributed by atoms with Crippen molar-refractivity contribution in [1.82, 2.24) is 0 Å². The summed E-state index contributed by atoms with van der Waals surface area (Å²) in [6.07, 6.45) is 0. The number of benzene rings is 2. The molecule has 1 N–H and O–H groups in total. The van der Waals surface area contributed by atoms with E-state index in [2.05, 4.69) is 15.9 Å². The molecule has 0 saturated heterocycles. The summed E-state index contributed by atoms with van der Waals surface area (Å²) in [5.74, 6) is 0.00602. The first-order valence-electron chi connectivity index (χ1n) is 5.51. The van der Waals surface area contributed by atoms with Gasteiger partial charge in [0.1, 0.15) is 5.75 Å². The second-order valence-electron chi connectivity index (χ2n) is 4.00. The van der Waals surface area contributed by atoms with Gasteiger partial charge in [-0.05, 0) is 58.4 Å². The van der Waals surface area contributed by atoms with Gasteiger partial charge in [0, 0.05) is 22.2 Å². The molecule has 2 aromatic rings. The van der Waals surface area contributed by atoms with E-state index in [1.807, 2.05) is 0 Å². The maximum Gasteiger partial charge on any atom is 0.259 e. The van der Waals surface area contributed by atoms with Gasteiger partial charge < -0.3 is 10.0 Å². The van der Waals surface area contributed by atoms with Gasteiger partial charge in [-0.3, -0.25) is 4.79 Å². The third kappa shape index (κ3) is 3.08. The number of hydrogen-bond acceptors (Lipinski definition) is 2. The molecule has 3 nitrogen and oxygen atoms in total. The SMILES string of the molecule is CN(C(=O)c1ccc(Cl)cc1Br)c1ccc(O)cc1. The number of hydrogen-bond donors (Lipinski definition) is 1. The van der Waals surface area contributed by atoms with Crippen LogP contribution < -0.4 is 4.90 Å². The lowest BCUT2D eigenvalue weighted by Gasteiger charge is -2.18. The molecule has 0 atom stereocenters. The Balaban J connectivity index is 2.30. The average Bonchev–Trinajstić information content (AvgIpc) is 2.38. The van der Waals surface area contributed by atoms with Gasteiger partial charge >= 0.3 is 0 Å². The highest BCUT2D eigenvalue weighted by Crippen LogP contribution is 2.25. The van der Waals surface area contributed by atoms with Crippen molar-refractivity contribution in [2.45, 2.75) is 0 Å². The quantitative estimate of drug-likeness (QED) is 0.894.